The molecule has 0 bridgehead atoms. The highest BCUT2D eigenvalue weighted by atomic mass is 35.5. The molecule has 1 aliphatic heterocycles. The predicted octanol–water partition coefficient (Wildman–Crippen LogP) is 3.03. The van der Waals surface area contributed by atoms with Crippen LogP contribution in [0.2, 0.25) is 5.02 Å². The summed E-state index contributed by atoms with van der Waals surface area (Å²) in [4.78, 5) is 26.5. The smallest absolute Gasteiger partial charge is 0.240 e. The van der Waals surface area contributed by atoms with E-state index in [0.29, 0.717) is 31.6 Å². The zero-order valence-corrected chi connectivity index (χ0v) is 15.6. The highest BCUT2D eigenvalue weighted by Gasteiger charge is 2.34. The van der Waals surface area contributed by atoms with Crippen LogP contribution in [-0.2, 0) is 9.59 Å². The molecule has 0 saturated carbocycles. The number of piperidine rings is 1. The largest absolute Gasteiger partial charge is 0.341 e. The van der Waals surface area contributed by atoms with Gasteiger partial charge in [-0.1, -0.05) is 32.4 Å². The minimum absolute atomic E-state index is 0.0330. The molecule has 0 unspecified atom stereocenters. The predicted molar refractivity (Wildman–Crippen MR) is 96.8 cm³/mol. The van der Waals surface area contributed by atoms with Gasteiger partial charge in [-0.25, -0.2) is 4.39 Å². The molecule has 1 aromatic carbocycles. The molecular formula is C18H25ClFN3O2. The van der Waals surface area contributed by atoms with E-state index in [1.807, 2.05) is 20.8 Å². The molecule has 2 amide bonds. The van der Waals surface area contributed by atoms with Gasteiger partial charge in [0, 0.05) is 24.7 Å². The van der Waals surface area contributed by atoms with Gasteiger partial charge in [0.15, 0.2) is 0 Å². The lowest BCUT2D eigenvalue weighted by Gasteiger charge is -2.36. The van der Waals surface area contributed by atoms with E-state index < -0.39 is 11.9 Å². The molecule has 1 atom stereocenters. The summed E-state index contributed by atoms with van der Waals surface area (Å²) in [6.07, 6.45) is 1.15. The van der Waals surface area contributed by atoms with Crippen molar-refractivity contribution in [3.63, 3.8) is 0 Å². The van der Waals surface area contributed by atoms with Crippen LogP contribution in [0.1, 0.15) is 33.6 Å². The van der Waals surface area contributed by atoms with Crippen LogP contribution in [0.4, 0.5) is 10.1 Å². The number of anilines is 1. The zero-order valence-electron chi connectivity index (χ0n) is 14.8. The Morgan fingerprint density at radius 2 is 1.92 bits per heavy atom. The average molecular weight is 370 g/mol. The van der Waals surface area contributed by atoms with Crippen LogP contribution in [0.3, 0.4) is 0 Å². The molecule has 1 fully saturated rings. The van der Waals surface area contributed by atoms with Crippen molar-refractivity contribution in [3.8, 4) is 0 Å². The molecule has 1 aliphatic rings. The number of nitrogens with zero attached hydrogens (tertiary/aromatic N) is 1. The Hall–Kier alpha value is -1.66. The molecule has 0 aliphatic carbocycles. The molecule has 5 nitrogen and oxygen atoms in total. The van der Waals surface area contributed by atoms with Crippen LogP contribution in [0.25, 0.3) is 0 Å². The van der Waals surface area contributed by atoms with Crippen LogP contribution >= 0.6 is 11.6 Å². The lowest BCUT2D eigenvalue weighted by molar-refractivity contribution is -0.137. The summed E-state index contributed by atoms with van der Waals surface area (Å²) in [5, 5.41) is 2.72. The third-order valence-electron chi connectivity index (χ3n) is 4.56. The first-order valence-electron chi connectivity index (χ1n) is 8.40. The fourth-order valence-corrected chi connectivity index (χ4v) is 2.93. The van der Waals surface area contributed by atoms with E-state index in [0.717, 1.165) is 0 Å². The SMILES string of the molecule is CC(C)(C)[C@H](N)C(=O)N1CCC(C(=O)Nc2ccc(F)c(Cl)c2)CC1. The molecule has 0 spiro atoms. The molecule has 25 heavy (non-hydrogen) atoms. The molecule has 138 valence electrons. The van der Waals surface area contributed by atoms with E-state index in [1.54, 1.807) is 4.90 Å². The number of hydrogen-bond donors (Lipinski definition) is 2. The Bertz CT molecular complexity index is 652. The number of nitrogens with one attached hydrogen (secondary N) is 1. The maximum absolute atomic E-state index is 13.2. The normalized spacial score (nSPS) is 17.3. The lowest BCUT2D eigenvalue weighted by atomic mass is 9.85. The maximum atomic E-state index is 13.2. The number of nitrogens with two attached hydrogens (primary N) is 1. The van der Waals surface area contributed by atoms with Crippen LogP contribution in [-0.4, -0.2) is 35.8 Å². The minimum Gasteiger partial charge on any atom is -0.341 e. The number of likely N-dealkylation sites (tertiary alicyclic amines) is 1. The van der Waals surface area contributed by atoms with Crippen molar-refractivity contribution in [2.24, 2.45) is 17.1 Å². The first-order valence-corrected chi connectivity index (χ1v) is 8.77. The van der Waals surface area contributed by atoms with Gasteiger partial charge in [-0.05, 0) is 36.5 Å². The topological polar surface area (TPSA) is 75.4 Å². The summed E-state index contributed by atoms with van der Waals surface area (Å²) >= 11 is 5.72. The van der Waals surface area contributed by atoms with Gasteiger partial charge in [0.2, 0.25) is 11.8 Å². The first-order chi connectivity index (χ1) is 11.6. The number of halogens is 2. The number of carbonyl (C=O) groups excluding carboxylic acids is 2. The Morgan fingerprint density at radius 3 is 2.44 bits per heavy atom. The molecule has 7 heteroatoms. The van der Waals surface area contributed by atoms with E-state index in [2.05, 4.69) is 5.32 Å². The van der Waals surface area contributed by atoms with E-state index in [-0.39, 0.29) is 28.2 Å². The number of rotatable bonds is 3. The molecule has 2 rings (SSSR count). The van der Waals surface area contributed by atoms with Gasteiger partial charge in [0.05, 0.1) is 11.1 Å². The molecular weight excluding hydrogens is 345 g/mol. The second kappa shape index (κ2) is 7.70. The fraction of sp³-hybridized carbons (Fsp3) is 0.556. The highest BCUT2D eigenvalue weighted by Crippen LogP contribution is 2.25. The van der Waals surface area contributed by atoms with Crippen molar-refractivity contribution in [2.75, 3.05) is 18.4 Å². The minimum atomic E-state index is -0.556. The standard InChI is InChI=1S/C18H25ClFN3O2/c1-18(2,3)15(21)17(25)23-8-6-11(7-9-23)16(24)22-12-4-5-14(20)13(19)10-12/h4-5,10-11,15H,6-9,21H2,1-3H3,(H,22,24)/t15-/m1/s1. The monoisotopic (exact) mass is 369 g/mol. The zero-order chi connectivity index (χ0) is 18.8. The van der Waals surface area contributed by atoms with Crippen LogP contribution < -0.4 is 11.1 Å². The van der Waals surface area contributed by atoms with Crippen molar-refractivity contribution in [1.29, 1.82) is 0 Å². The molecule has 1 heterocycles. The molecule has 3 N–H and O–H groups in total. The summed E-state index contributed by atoms with van der Waals surface area (Å²) in [5.41, 5.74) is 6.20. The van der Waals surface area contributed by atoms with Crippen molar-refractivity contribution in [2.45, 2.75) is 39.7 Å². The van der Waals surface area contributed by atoms with E-state index in [4.69, 9.17) is 17.3 Å². The van der Waals surface area contributed by atoms with Gasteiger partial charge in [0.1, 0.15) is 5.82 Å². The number of amides is 2. The Morgan fingerprint density at radius 1 is 1.32 bits per heavy atom. The molecule has 1 aromatic rings. The number of carbonyl (C=O) groups is 2. The maximum Gasteiger partial charge on any atom is 0.240 e. The van der Waals surface area contributed by atoms with Crippen LogP contribution in [0.15, 0.2) is 18.2 Å². The summed E-state index contributed by atoms with van der Waals surface area (Å²) in [5.74, 6) is -0.938. The van der Waals surface area contributed by atoms with Gasteiger partial charge in [-0.15, -0.1) is 0 Å². The van der Waals surface area contributed by atoms with E-state index in [9.17, 15) is 14.0 Å². The van der Waals surface area contributed by atoms with Gasteiger partial charge in [-0.2, -0.15) is 0 Å². The van der Waals surface area contributed by atoms with Gasteiger partial charge in [0.25, 0.3) is 0 Å². The fourth-order valence-electron chi connectivity index (χ4n) is 2.75. The lowest BCUT2D eigenvalue weighted by Crippen LogP contribution is -2.53. The Kier molecular flexibility index (Phi) is 6.06. The number of hydrogen-bond acceptors (Lipinski definition) is 3. The average Bonchev–Trinajstić information content (AvgIpc) is 2.56. The van der Waals surface area contributed by atoms with Crippen molar-refractivity contribution < 1.29 is 14.0 Å². The second-order valence-corrected chi connectivity index (χ2v) is 7.97. The van der Waals surface area contributed by atoms with Gasteiger partial charge in [-0.3, -0.25) is 9.59 Å². The third-order valence-corrected chi connectivity index (χ3v) is 4.85. The summed E-state index contributed by atoms with van der Waals surface area (Å²) < 4.78 is 13.2. The van der Waals surface area contributed by atoms with Crippen molar-refractivity contribution in [3.05, 3.63) is 29.0 Å². The molecule has 0 aromatic heterocycles. The quantitative estimate of drug-likeness (QED) is 0.859. The first kappa shape index (κ1) is 19.7. The number of benzene rings is 1. The van der Waals surface area contributed by atoms with Crippen LogP contribution in [0.5, 0.6) is 0 Å². The molecule has 1 saturated heterocycles. The second-order valence-electron chi connectivity index (χ2n) is 7.56. The molecule has 0 radical (unpaired) electrons. The summed E-state index contributed by atoms with van der Waals surface area (Å²) in [7, 11) is 0. The Balaban J connectivity index is 1.90. The van der Waals surface area contributed by atoms with E-state index >= 15 is 0 Å². The summed E-state index contributed by atoms with van der Waals surface area (Å²) in [6.45, 7) is 6.81. The van der Waals surface area contributed by atoms with E-state index in [1.165, 1.54) is 18.2 Å². The third kappa shape index (κ3) is 4.92. The highest BCUT2D eigenvalue weighted by molar-refractivity contribution is 6.31. The van der Waals surface area contributed by atoms with Gasteiger partial charge >= 0.3 is 0 Å². The van der Waals surface area contributed by atoms with Gasteiger partial charge < -0.3 is 16.0 Å². The van der Waals surface area contributed by atoms with Crippen molar-refractivity contribution in [1.82, 2.24) is 4.90 Å². The van der Waals surface area contributed by atoms with Crippen LogP contribution in [0, 0.1) is 17.2 Å². The Labute approximate surface area is 152 Å². The van der Waals surface area contributed by atoms with Crippen molar-refractivity contribution >= 4 is 29.1 Å². The summed E-state index contributed by atoms with van der Waals surface area (Å²) in [6, 6.07) is 3.52.